The number of aryl methyl sites for hydroxylation is 1. The Morgan fingerprint density at radius 1 is 1.24 bits per heavy atom. The number of esters is 1. The molecule has 0 aliphatic carbocycles. The molecule has 1 amide bonds. The molecule has 1 aromatic carbocycles. The number of hydrogen-bond acceptors (Lipinski definition) is 3. The molecule has 0 aliphatic rings. The molecule has 0 heterocycles. The molecule has 1 rings (SSSR count). The van der Waals surface area contributed by atoms with Gasteiger partial charge < -0.3 is 10.1 Å². The van der Waals surface area contributed by atoms with Gasteiger partial charge in [-0.2, -0.15) is 13.2 Å². The summed E-state index contributed by atoms with van der Waals surface area (Å²) in [7, 11) is 0. The topological polar surface area (TPSA) is 55.4 Å². The highest BCUT2D eigenvalue weighted by Crippen LogP contribution is 2.24. The van der Waals surface area contributed by atoms with Crippen molar-refractivity contribution in [3.63, 3.8) is 0 Å². The lowest BCUT2D eigenvalue weighted by Crippen LogP contribution is -2.32. The van der Waals surface area contributed by atoms with Gasteiger partial charge in [-0.05, 0) is 26.0 Å². The number of carbonyl (C=O) groups excluding carboxylic acids is 2. The quantitative estimate of drug-likeness (QED) is 0.687. The van der Waals surface area contributed by atoms with Crippen LogP contribution < -0.4 is 5.32 Å². The first-order valence-electron chi connectivity index (χ1n) is 6.07. The number of halogens is 3. The van der Waals surface area contributed by atoms with E-state index in [-0.39, 0.29) is 18.2 Å². The Balaban J connectivity index is 2.94. The second-order valence-corrected chi connectivity index (χ2v) is 4.13. The van der Waals surface area contributed by atoms with Crippen LogP contribution in [0.3, 0.4) is 0 Å². The predicted molar refractivity (Wildman–Crippen MR) is 69.4 cm³/mol. The zero-order chi connectivity index (χ0) is 16.0. The zero-order valence-corrected chi connectivity index (χ0v) is 11.5. The van der Waals surface area contributed by atoms with Crippen LogP contribution in [-0.2, 0) is 9.53 Å². The van der Waals surface area contributed by atoms with Crippen molar-refractivity contribution < 1.29 is 27.5 Å². The van der Waals surface area contributed by atoms with Crippen LogP contribution in [0, 0.1) is 6.92 Å². The first-order chi connectivity index (χ1) is 9.74. The van der Waals surface area contributed by atoms with E-state index in [2.05, 4.69) is 4.74 Å². The van der Waals surface area contributed by atoms with Crippen molar-refractivity contribution in [3.8, 4) is 0 Å². The van der Waals surface area contributed by atoms with Gasteiger partial charge in [-0.3, -0.25) is 4.79 Å². The van der Waals surface area contributed by atoms with Crippen molar-refractivity contribution in [2.45, 2.75) is 20.0 Å². The van der Waals surface area contributed by atoms with Gasteiger partial charge in [-0.1, -0.05) is 17.7 Å². The van der Waals surface area contributed by atoms with E-state index in [1.54, 1.807) is 24.4 Å². The molecule has 4 nitrogen and oxygen atoms in total. The molecular formula is C14H14F3NO3. The van der Waals surface area contributed by atoms with Crippen LogP contribution >= 0.6 is 0 Å². The van der Waals surface area contributed by atoms with Crippen LogP contribution in [0.2, 0.25) is 0 Å². The summed E-state index contributed by atoms with van der Waals surface area (Å²) in [4.78, 5) is 22.9. The smallest absolute Gasteiger partial charge is 0.431 e. The van der Waals surface area contributed by atoms with E-state index in [1.807, 2.05) is 0 Å². The van der Waals surface area contributed by atoms with Crippen molar-refractivity contribution in [2.75, 3.05) is 6.61 Å². The summed E-state index contributed by atoms with van der Waals surface area (Å²) < 4.78 is 42.7. The molecule has 0 aliphatic heterocycles. The van der Waals surface area contributed by atoms with Gasteiger partial charge in [0.15, 0.2) is 0 Å². The monoisotopic (exact) mass is 301 g/mol. The first-order valence-corrected chi connectivity index (χ1v) is 6.07. The number of rotatable bonds is 4. The van der Waals surface area contributed by atoms with E-state index in [0.29, 0.717) is 0 Å². The van der Waals surface area contributed by atoms with Gasteiger partial charge in [-0.25, -0.2) is 4.79 Å². The number of carbonyl (C=O) groups is 2. The van der Waals surface area contributed by atoms with E-state index in [9.17, 15) is 22.8 Å². The Labute approximate surface area is 119 Å². The number of ether oxygens (including phenoxy) is 1. The Hall–Kier alpha value is -2.31. The van der Waals surface area contributed by atoms with Gasteiger partial charge in [0, 0.05) is 5.56 Å². The molecule has 1 N–H and O–H groups in total. The van der Waals surface area contributed by atoms with Crippen LogP contribution in [0.15, 0.2) is 36.0 Å². The average molecular weight is 301 g/mol. The number of nitrogens with one attached hydrogen (secondary N) is 1. The van der Waals surface area contributed by atoms with Crippen molar-refractivity contribution in [2.24, 2.45) is 0 Å². The van der Waals surface area contributed by atoms with Crippen molar-refractivity contribution >= 4 is 11.9 Å². The normalized spacial score (nSPS) is 12.0. The van der Waals surface area contributed by atoms with E-state index in [4.69, 9.17) is 0 Å². The van der Waals surface area contributed by atoms with Crippen LogP contribution in [0.1, 0.15) is 22.8 Å². The minimum absolute atomic E-state index is 0.0552. The van der Waals surface area contributed by atoms with E-state index in [0.717, 1.165) is 5.56 Å². The Morgan fingerprint density at radius 3 is 2.29 bits per heavy atom. The van der Waals surface area contributed by atoms with Crippen molar-refractivity contribution in [1.29, 1.82) is 0 Å². The summed E-state index contributed by atoms with van der Waals surface area (Å²) in [5.41, 5.74) is -0.546. The Bertz CT molecular complexity index is 548. The largest absolute Gasteiger partial charge is 0.463 e. The molecular weight excluding hydrogens is 287 g/mol. The molecule has 1 aromatic rings. The van der Waals surface area contributed by atoms with Gasteiger partial charge >= 0.3 is 12.1 Å². The molecule has 0 spiro atoms. The molecule has 21 heavy (non-hydrogen) atoms. The number of allylic oxidation sites excluding steroid dienone is 1. The van der Waals surface area contributed by atoms with E-state index in [1.165, 1.54) is 19.1 Å². The van der Waals surface area contributed by atoms with Gasteiger partial charge in [0.25, 0.3) is 5.91 Å². The maximum Gasteiger partial charge on any atom is 0.431 e. The molecule has 0 unspecified atom stereocenters. The van der Waals surface area contributed by atoms with Gasteiger partial charge in [-0.15, -0.1) is 0 Å². The van der Waals surface area contributed by atoms with Crippen LogP contribution in [0.25, 0.3) is 0 Å². The third-order valence-electron chi connectivity index (χ3n) is 2.42. The summed E-state index contributed by atoms with van der Waals surface area (Å²) in [5.74, 6) is -2.13. The summed E-state index contributed by atoms with van der Waals surface area (Å²) in [6, 6.07) is 5.97. The maximum absolute atomic E-state index is 12.8. The van der Waals surface area contributed by atoms with E-state index < -0.39 is 23.7 Å². The summed E-state index contributed by atoms with van der Waals surface area (Å²) in [6.07, 6.45) is -4.65. The number of benzene rings is 1. The Morgan fingerprint density at radius 2 is 1.81 bits per heavy atom. The molecule has 0 atom stereocenters. The fourth-order valence-corrected chi connectivity index (χ4v) is 1.39. The molecule has 114 valence electrons. The molecule has 0 bridgehead atoms. The second-order valence-electron chi connectivity index (χ2n) is 4.13. The highest BCUT2D eigenvalue weighted by Gasteiger charge is 2.36. The van der Waals surface area contributed by atoms with E-state index >= 15 is 0 Å². The van der Waals surface area contributed by atoms with Gasteiger partial charge in [0.1, 0.15) is 5.70 Å². The van der Waals surface area contributed by atoms with Crippen molar-refractivity contribution in [3.05, 3.63) is 47.2 Å². The minimum Gasteiger partial charge on any atom is -0.463 e. The van der Waals surface area contributed by atoms with Crippen molar-refractivity contribution in [1.82, 2.24) is 5.32 Å². The number of amides is 1. The highest BCUT2D eigenvalue weighted by molar-refractivity contribution is 5.96. The zero-order valence-electron chi connectivity index (χ0n) is 11.5. The maximum atomic E-state index is 12.8. The minimum atomic E-state index is -4.87. The standard InChI is InChI=1S/C14H14F3NO3/c1-3-21-12(19)8-11(14(15,16)17)18-13(20)10-6-4-9(2)5-7-10/h4-8H,3H2,1-2H3,(H,18,20)/b11-8+. The van der Waals surface area contributed by atoms with Crippen LogP contribution in [0.5, 0.6) is 0 Å². The third-order valence-corrected chi connectivity index (χ3v) is 2.42. The molecule has 0 aromatic heterocycles. The SMILES string of the molecule is CCOC(=O)/C=C(/NC(=O)c1ccc(C)cc1)C(F)(F)F. The molecule has 0 fully saturated rings. The number of hydrogen-bond donors (Lipinski definition) is 1. The fraction of sp³-hybridized carbons (Fsp3) is 0.286. The summed E-state index contributed by atoms with van der Waals surface area (Å²) >= 11 is 0. The first kappa shape index (κ1) is 16.7. The molecule has 0 radical (unpaired) electrons. The van der Waals surface area contributed by atoms with Gasteiger partial charge in [0.05, 0.1) is 12.7 Å². The van der Waals surface area contributed by atoms with Gasteiger partial charge in [0.2, 0.25) is 0 Å². The van der Waals surface area contributed by atoms with Crippen LogP contribution in [0.4, 0.5) is 13.2 Å². The average Bonchev–Trinajstić information content (AvgIpc) is 2.37. The third kappa shape index (κ3) is 5.29. The second kappa shape index (κ2) is 6.92. The predicted octanol–water partition coefficient (Wildman–Crippen LogP) is 2.73. The Kier molecular flexibility index (Phi) is 5.52. The lowest BCUT2D eigenvalue weighted by Gasteiger charge is -2.13. The van der Waals surface area contributed by atoms with Crippen LogP contribution in [-0.4, -0.2) is 24.7 Å². The lowest BCUT2D eigenvalue weighted by molar-refractivity contribution is -0.138. The summed E-state index contributed by atoms with van der Waals surface area (Å²) in [5, 5.41) is 1.68. The highest BCUT2D eigenvalue weighted by atomic mass is 19.4. The molecule has 0 saturated carbocycles. The molecule has 0 saturated heterocycles. The lowest BCUT2D eigenvalue weighted by atomic mass is 10.1. The fourth-order valence-electron chi connectivity index (χ4n) is 1.39. The molecule has 7 heteroatoms. The summed E-state index contributed by atoms with van der Waals surface area (Å²) in [6.45, 7) is 3.18. The number of alkyl halides is 3.